The highest BCUT2D eigenvalue weighted by atomic mass is 16.1. The maximum absolute atomic E-state index is 12.0. The number of benzene rings is 1. The van der Waals surface area contributed by atoms with Crippen LogP contribution in [0.15, 0.2) is 24.3 Å². The smallest absolute Gasteiger partial charge is 0.164 e. The molecule has 0 saturated carbocycles. The number of carbonyl (C=O) groups excluding carboxylic acids is 1. The summed E-state index contributed by atoms with van der Waals surface area (Å²) in [5.74, 6) is 0.298. The molecule has 0 unspecified atom stereocenters. The first-order chi connectivity index (χ1) is 9.08. The van der Waals surface area contributed by atoms with Gasteiger partial charge in [-0.3, -0.25) is 4.79 Å². The van der Waals surface area contributed by atoms with E-state index >= 15 is 0 Å². The Morgan fingerprint density at radius 3 is 2.53 bits per heavy atom. The number of hydrogen-bond acceptors (Lipinski definition) is 1. The highest BCUT2D eigenvalue weighted by Gasteiger charge is 2.23. The standard InChI is InChI=1S/C17H19NO/c1-11-7-8-14(9-12(11)2)18-13(3)10-15-16(18)5-4-6-17(15)19/h7-10H,4-6H2,1-3H3. The van der Waals surface area contributed by atoms with Gasteiger partial charge >= 0.3 is 0 Å². The van der Waals surface area contributed by atoms with Crippen molar-refractivity contribution in [3.63, 3.8) is 0 Å². The van der Waals surface area contributed by atoms with Crippen molar-refractivity contribution in [1.29, 1.82) is 0 Å². The van der Waals surface area contributed by atoms with Crippen molar-refractivity contribution in [3.05, 3.63) is 52.3 Å². The quantitative estimate of drug-likeness (QED) is 0.755. The summed E-state index contributed by atoms with van der Waals surface area (Å²) in [4.78, 5) is 12.0. The van der Waals surface area contributed by atoms with Crippen LogP contribution < -0.4 is 0 Å². The van der Waals surface area contributed by atoms with Crippen molar-refractivity contribution in [1.82, 2.24) is 4.57 Å². The molecule has 0 N–H and O–H groups in total. The zero-order valence-electron chi connectivity index (χ0n) is 11.8. The lowest BCUT2D eigenvalue weighted by molar-refractivity contribution is 0.0972. The van der Waals surface area contributed by atoms with Crippen LogP contribution >= 0.6 is 0 Å². The lowest BCUT2D eigenvalue weighted by Crippen LogP contribution is -2.12. The van der Waals surface area contributed by atoms with E-state index in [-0.39, 0.29) is 0 Å². The van der Waals surface area contributed by atoms with Gasteiger partial charge in [-0.05, 0) is 62.9 Å². The molecule has 0 fully saturated rings. The Labute approximate surface area is 114 Å². The molecular weight excluding hydrogens is 234 g/mol. The van der Waals surface area contributed by atoms with E-state index in [1.807, 2.05) is 6.07 Å². The molecule has 1 aliphatic carbocycles. The van der Waals surface area contributed by atoms with E-state index < -0.39 is 0 Å². The van der Waals surface area contributed by atoms with E-state index in [0.29, 0.717) is 12.2 Å². The summed E-state index contributed by atoms with van der Waals surface area (Å²) in [5.41, 5.74) is 7.05. The Balaban J connectivity index is 2.20. The van der Waals surface area contributed by atoms with E-state index in [2.05, 4.69) is 43.5 Å². The summed E-state index contributed by atoms with van der Waals surface area (Å²) in [6.45, 7) is 6.34. The van der Waals surface area contributed by atoms with Crippen LogP contribution in [0.3, 0.4) is 0 Å². The van der Waals surface area contributed by atoms with Crippen molar-refractivity contribution < 1.29 is 4.79 Å². The molecular formula is C17H19NO. The van der Waals surface area contributed by atoms with Crippen molar-refractivity contribution in [3.8, 4) is 5.69 Å². The zero-order valence-corrected chi connectivity index (χ0v) is 11.8. The molecule has 1 aliphatic rings. The Bertz CT molecular complexity index is 664. The van der Waals surface area contributed by atoms with Gasteiger partial charge in [0.15, 0.2) is 5.78 Å². The first kappa shape index (κ1) is 12.2. The van der Waals surface area contributed by atoms with Crippen molar-refractivity contribution in [2.45, 2.75) is 40.0 Å². The van der Waals surface area contributed by atoms with Crippen LogP contribution in [0.5, 0.6) is 0 Å². The minimum atomic E-state index is 0.298. The first-order valence-corrected chi connectivity index (χ1v) is 6.90. The van der Waals surface area contributed by atoms with Gasteiger partial charge in [0.05, 0.1) is 0 Å². The Morgan fingerprint density at radius 2 is 1.79 bits per heavy atom. The number of hydrogen-bond donors (Lipinski definition) is 0. The molecule has 0 amide bonds. The highest BCUT2D eigenvalue weighted by Crippen LogP contribution is 2.28. The number of aryl methyl sites for hydroxylation is 3. The second kappa shape index (κ2) is 4.37. The summed E-state index contributed by atoms with van der Waals surface area (Å²) in [6.07, 6.45) is 2.67. The van der Waals surface area contributed by atoms with Gasteiger partial charge in [0.1, 0.15) is 0 Å². The van der Waals surface area contributed by atoms with Crippen molar-refractivity contribution in [2.24, 2.45) is 0 Å². The molecule has 0 spiro atoms. The third kappa shape index (κ3) is 1.92. The number of ketones is 1. The van der Waals surface area contributed by atoms with Crippen LogP contribution in [-0.4, -0.2) is 10.4 Å². The van der Waals surface area contributed by atoms with Gasteiger partial charge in [0.2, 0.25) is 0 Å². The zero-order chi connectivity index (χ0) is 13.6. The summed E-state index contributed by atoms with van der Waals surface area (Å²) in [6, 6.07) is 8.56. The van der Waals surface area contributed by atoms with Crippen LogP contribution in [0, 0.1) is 20.8 Å². The average molecular weight is 253 g/mol. The molecule has 1 aromatic carbocycles. The van der Waals surface area contributed by atoms with Crippen LogP contribution in [0.1, 0.15) is 45.7 Å². The van der Waals surface area contributed by atoms with Gasteiger partial charge in [-0.25, -0.2) is 0 Å². The predicted molar refractivity (Wildman–Crippen MR) is 77.2 cm³/mol. The van der Waals surface area contributed by atoms with Crippen molar-refractivity contribution >= 4 is 5.78 Å². The maximum atomic E-state index is 12.0. The molecule has 0 aliphatic heterocycles. The van der Waals surface area contributed by atoms with E-state index in [1.165, 1.54) is 22.5 Å². The molecule has 98 valence electrons. The third-order valence-electron chi connectivity index (χ3n) is 4.15. The summed E-state index contributed by atoms with van der Waals surface area (Å²) >= 11 is 0. The summed E-state index contributed by atoms with van der Waals surface area (Å²) in [5, 5.41) is 0. The Kier molecular flexibility index (Phi) is 2.81. The fourth-order valence-corrected chi connectivity index (χ4v) is 2.95. The van der Waals surface area contributed by atoms with E-state index in [0.717, 1.165) is 24.1 Å². The van der Waals surface area contributed by atoms with Gasteiger partial charge in [-0.1, -0.05) is 6.07 Å². The van der Waals surface area contributed by atoms with E-state index in [1.54, 1.807) is 0 Å². The van der Waals surface area contributed by atoms with Gasteiger partial charge in [-0.2, -0.15) is 0 Å². The van der Waals surface area contributed by atoms with Gasteiger partial charge in [-0.15, -0.1) is 0 Å². The lowest BCUT2D eigenvalue weighted by Gasteiger charge is -2.17. The maximum Gasteiger partial charge on any atom is 0.164 e. The molecule has 0 bridgehead atoms. The Morgan fingerprint density at radius 1 is 1.00 bits per heavy atom. The molecule has 2 aromatic rings. The lowest BCUT2D eigenvalue weighted by atomic mass is 9.96. The van der Waals surface area contributed by atoms with Gasteiger partial charge < -0.3 is 4.57 Å². The first-order valence-electron chi connectivity index (χ1n) is 6.90. The highest BCUT2D eigenvalue weighted by molar-refractivity contribution is 5.98. The molecule has 2 nitrogen and oxygen atoms in total. The molecule has 3 rings (SSSR count). The minimum Gasteiger partial charge on any atom is -0.317 e. The van der Waals surface area contributed by atoms with Crippen LogP contribution in [0.4, 0.5) is 0 Å². The Hall–Kier alpha value is -1.83. The van der Waals surface area contributed by atoms with Crippen LogP contribution in [0.2, 0.25) is 0 Å². The van der Waals surface area contributed by atoms with Crippen LogP contribution in [-0.2, 0) is 6.42 Å². The SMILES string of the molecule is Cc1ccc(-n2c(C)cc3c2CCCC3=O)cc1C. The number of fused-ring (bicyclic) bond motifs is 1. The fourth-order valence-electron chi connectivity index (χ4n) is 2.95. The molecule has 1 heterocycles. The second-order valence-corrected chi connectivity index (χ2v) is 5.53. The van der Waals surface area contributed by atoms with Crippen LogP contribution in [0.25, 0.3) is 5.69 Å². The van der Waals surface area contributed by atoms with Gasteiger partial charge in [0, 0.05) is 29.1 Å². The summed E-state index contributed by atoms with van der Waals surface area (Å²) in [7, 11) is 0. The van der Waals surface area contributed by atoms with Crippen molar-refractivity contribution in [2.75, 3.05) is 0 Å². The van der Waals surface area contributed by atoms with Gasteiger partial charge in [0.25, 0.3) is 0 Å². The monoisotopic (exact) mass is 253 g/mol. The normalized spacial score (nSPS) is 14.6. The largest absolute Gasteiger partial charge is 0.317 e. The average Bonchev–Trinajstić information content (AvgIpc) is 2.71. The number of nitrogens with zero attached hydrogens (tertiary/aromatic N) is 1. The number of carbonyl (C=O) groups is 1. The predicted octanol–water partition coefficient (Wildman–Crippen LogP) is 3.92. The molecule has 0 saturated heterocycles. The molecule has 0 radical (unpaired) electrons. The second-order valence-electron chi connectivity index (χ2n) is 5.53. The number of Topliss-reactive ketones (excluding diaryl/α,β-unsaturated/α-hetero) is 1. The number of rotatable bonds is 1. The third-order valence-corrected chi connectivity index (χ3v) is 4.15. The molecule has 19 heavy (non-hydrogen) atoms. The number of aromatic nitrogens is 1. The summed E-state index contributed by atoms with van der Waals surface area (Å²) < 4.78 is 2.25. The molecule has 1 aromatic heterocycles. The van der Waals surface area contributed by atoms with E-state index in [4.69, 9.17) is 0 Å². The fraction of sp³-hybridized carbons (Fsp3) is 0.353. The molecule has 0 atom stereocenters. The minimum absolute atomic E-state index is 0.298. The molecule has 2 heteroatoms. The van der Waals surface area contributed by atoms with E-state index in [9.17, 15) is 4.79 Å². The topological polar surface area (TPSA) is 22.0 Å².